The summed E-state index contributed by atoms with van der Waals surface area (Å²) in [5, 5.41) is 3.27. The van der Waals surface area contributed by atoms with Crippen molar-refractivity contribution in [2.45, 2.75) is 26.4 Å². The van der Waals surface area contributed by atoms with E-state index in [1.54, 1.807) is 25.1 Å². The molecule has 3 rings (SSSR count). The van der Waals surface area contributed by atoms with Crippen LogP contribution in [0.5, 0.6) is 0 Å². The van der Waals surface area contributed by atoms with Crippen molar-refractivity contribution in [3.63, 3.8) is 0 Å². The monoisotopic (exact) mass is 471 g/mol. The van der Waals surface area contributed by atoms with Gasteiger partial charge in [0.15, 0.2) is 5.69 Å². The molecular formula is C22H22ClN5O3S. The van der Waals surface area contributed by atoms with Crippen LogP contribution in [-0.4, -0.2) is 28.1 Å². The van der Waals surface area contributed by atoms with Crippen LogP contribution < -0.4 is 21.7 Å². The lowest BCUT2D eigenvalue weighted by atomic mass is 10.1. The first-order valence-electron chi connectivity index (χ1n) is 9.67. The molecule has 32 heavy (non-hydrogen) atoms. The van der Waals surface area contributed by atoms with Crippen LogP contribution in [0.15, 0.2) is 48.5 Å². The Morgan fingerprint density at radius 3 is 2.47 bits per heavy atom. The summed E-state index contributed by atoms with van der Waals surface area (Å²) in [6.07, 6.45) is 0. The highest BCUT2D eigenvalue weighted by molar-refractivity contribution is 7.09. The van der Waals surface area contributed by atoms with E-state index in [0.717, 1.165) is 22.7 Å². The lowest BCUT2D eigenvalue weighted by Gasteiger charge is -2.28. The lowest BCUT2D eigenvalue weighted by Crippen LogP contribution is -2.48. The van der Waals surface area contributed by atoms with Crippen molar-refractivity contribution in [1.29, 1.82) is 0 Å². The van der Waals surface area contributed by atoms with Crippen LogP contribution in [0.3, 0.4) is 0 Å². The van der Waals surface area contributed by atoms with Gasteiger partial charge >= 0.3 is 0 Å². The van der Waals surface area contributed by atoms with Crippen molar-refractivity contribution >= 4 is 52.2 Å². The molecule has 0 saturated carbocycles. The van der Waals surface area contributed by atoms with E-state index in [2.05, 4.69) is 9.69 Å². The Labute approximate surface area is 194 Å². The zero-order valence-corrected chi connectivity index (χ0v) is 19.0. The number of benzene rings is 2. The van der Waals surface area contributed by atoms with Gasteiger partial charge in [0.2, 0.25) is 5.91 Å². The molecule has 0 aliphatic heterocycles. The number of carbonyl (C=O) groups excluding carboxylic acids is 3. The number of halogens is 1. The largest absolute Gasteiger partial charge is 0.395 e. The summed E-state index contributed by atoms with van der Waals surface area (Å²) in [6, 6.07) is 13.5. The number of hydrogen-bond acceptors (Lipinski definition) is 6. The van der Waals surface area contributed by atoms with Crippen LogP contribution in [0.1, 0.15) is 38.2 Å². The van der Waals surface area contributed by atoms with E-state index in [9.17, 15) is 14.4 Å². The smallest absolute Gasteiger partial charge is 0.272 e. The zero-order valence-electron chi connectivity index (χ0n) is 17.5. The molecule has 0 aliphatic carbocycles. The molecule has 0 bridgehead atoms. The maximum atomic E-state index is 13.5. The molecule has 0 aliphatic rings. The number of anilines is 2. The van der Waals surface area contributed by atoms with Gasteiger partial charge in [-0.15, -0.1) is 0 Å². The van der Waals surface area contributed by atoms with Gasteiger partial charge in [0.1, 0.15) is 10.9 Å². The summed E-state index contributed by atoms with van der Waals surface area (Å²) in [5.74, 6) is -1.80. The summed E-state index contributed by atoms with van der Waals surface area (Å²) in [7, 11) is 0. The Balaban J connectivity index is 1.94. The molecule has 2 aromatic carbocycles. The van der Waals surface area contributed by atoms with Gasteiger partial charge in [-0.2, -0.15) is 4.37 Å². The van der Waals surface area contributed by atoms with E-state index in [0.29, 0.717) is 17.3 Å². The normalized spacial score (nSPS) is 11.6. The number of primary amides is 1. The zero-order chi connectivity index (χ0) is 23.4. The van der Waals surface area contributed by atoms with Crippen LogP contribution >= 0.6 is 23.1 Å². The minimum absolute atomic E-state index is 0.0122. The third-order valence-electron chi connectivity index (χ3n) is 4.88. The number of nitrogens with two attached hydrogens (primary N) is 2. The topological polar surface area (TPSA) is 131 Å². The van der Waals surface area contributed by atoms with Crippen molar-refractivity contribution in [2.24, 2.45) is 5.73 Å². The van der Waals surface area contributed by atoms with Gasteiger partial charge in [0, 0.05) is 17.3 Å². The molecule has 0 fully saturated rings. The fraction of sp³-hybridized carbons (Fsp3) is 0.182. The standard InChI is InChI=1S/C22H22ClN5O3S/c1-12-8-9-15(10-16(12)23)28(22(31)19-17(24)18(20(25)29)27-32-19)13(2)21(30)26-11-14-6-4-3-5-7-14/h3-10,13H,11,24H2,1-2H3,(H2,25,29)(H,26,30)/t13-/m0/s1. The number of carbonyl (C=O) groups is 3. The SMILES string of the molecule is Cc1ccc(N(C(=O)c2snc(C(N)=O)c2N)[C@@H](C)C(=O)NCc2ccccc2)cc1Cl. The van der Waals surface area contributed by atoms with Crippen molar-refractivity contribution in [2.75, 3.05) is 10.6 Å². The second-order valence-electron chi connectivity index (χ2n) is 7.13. The number of nitrogen functional groups attached to an aromatic ring is 1. The molecule has 0 unspecified atom stereocenters. The molecule has 10 heteroatoms. The number of amides is 3. The Bertz CT molecular complexity index is 1170. The van der Waals surface area contributed by atoms with Crippen LogP contribution in [0.25, 0.3) is 0 Å². The van der Waals surface area contributed by atoms with Crippen LogP contribution in [0.2, 0.25) is 5.02 Å². The first-order valence-corrected chi connectivity index (χ1v) is 10.8. The van der Waals surface area contributed by atoms with Gasteiger partial charge in [-0.1, -0.05) is 48.0 Å². The van der Waals surface area contributed by atoms with Crippen molar-refractivity contribution in [1.82, 2.24) is 9.69 Å². The molecule has 8 nitrogen and oxygen atoms in total. The molecule has 0 radical (unpaired) electrons. The molecule has 1 heterocycles. The number of hydrogen-bond donors (Lipinski definition) is 3. The maximum absolute atomic E-state index is 13.5. The Hall–Kier alpha value is -3.43. The minimum Gasteiger partial charge on any atom is -0.395 e. The number of nitrogens with zero attached hydrogens (tertiary/aromatic N) is 2. The second kappa shape index (κ2) is 9.80. The molecule has 166 valence electrons. The van der Waals surface area contributed by atoms with Gasteiger partial charge in [0.05, 0.1) is 5.69 Å². The highest BCUT2D eigenvalue weighted by atomic mass is 35.5. The fourth-order valence-electron chi connectivity index (χ4n) is 3.04. The molecule has 1 aromatic heterocycles. The third kappa shape index (κ3) is 4.90. The van der Waals surface area contributed by atoms with Crippen molar-refractivity contribution in [3.05, 3.63) is 75.3 Å². The average molecular weight is 472 g/mol. The van der Waals surface area contributed by atoms with Gasteiger partial charge in [-0.05, 0) is 48.6 Å². The van der Waals surface area contributed by atoms with E-state index in [4.69, 9.17) is 23.1 Å². The molecule has 0 saturated heterocycles. The van der Waals surface area contributed by atoms with Gasteiger partial charge in [-0.25, -0.2) is 0 Å². The number of aromatic nitrogens is 1. The summed E-state index contributed by atoms with van der Waals surface area (Å²) in [5.41, 5.74) is 13.1. The average Bonchev–Trinajstić information content (AvgIpc) is 3.16. The molecule has 3 amide bonds. The number of nitrogens with one attached hydrogen (secondary N) is 1. The van der Waals surface area contributed by atoms with E-state index >= 15 is 0 Å². The number of aryl methyl sites for hydroxylation is 1. The highest BCUT2D eigenvalue weighted by Gasteiger charge is 2.32. The second-order valence-corrected chi connectivity index (χ2v) is 8.31. The predicted molar refractivity (Wildman–Crippen MR) is 126 cm³/mol. The van der Waals surface area contributed by atoms with E-state index in [-0.39, 0.29) is 22.2 Å². The molecule has 0 spiro atoms. The van der Waals surface area contributed by atoms with Crippen molar-refractivity contribution in [3.8, 4) is 0 Å². The first-order chi connectivity index (χ1) is 15.2. The highest BCUT2D eigenvalue weighted by Crippen LogP contribution is 2.30. The Morgan fingerprint density at radius 1 is 1.19 bits per heavy atom. The van der Waals surface area contributed by atoms with Gasteiger partial charge in [-0.3, -0.25) is 19.3 Å². The van der Waals surface area contributed by atoms with Crippen LogP contribution in [0.4, 0.5) is 11.4 Å². The van der Waals surface area contributed by atoms with Gasteiger partial charge < -0.3 is 16.8 Å². The molecular weight excluding hydrogens is 450 g/mol. The summed E-state index contributed by atoms with van der Waals surface area (Å²) in [4.78, 5) is 39.2. The fourth-order valence-corrected chi connectivity index (χ4v) is 3.95. The third-order valence-corrected chi connectivity index (χ3v) is 6.14. The summed E-state index contributed by atoms with van der Waals surface area (Å²) < 4.78 is 3.89. The summed E-state index contributed by atoms with van der Waals surface area (Å²) in [6.45, 7) is 3.72. The number of rotatable bonds is 7. The molecule has 5 N–H and O–H groups in total. The Kier molecular flexibility index (Phi) is 7.12. The molecule has 3 aromatic rings. The minimum atomic E-state index is -0.913. The predicted octanol–water partition coefficient (Wildman–Crippen LogP) is 3.14. The van der Waals surface area contributed by atoms with E-state index in [1.165, 1.54) is 4.90 Å². The first kappa shape index (κ1) is 23.2. The van der Waals surface area contributed by atoms with Crippen molar-refractivity contribution < 1.29 is 14.4 Å². The van der Waals surface area contributed by atoms with Crippen LogP contribution in [0, 0.1) is 6.92 Å². The summed E-state index contributed by atoms with van der Waals surface area (Å²) >= 11 is 7.03. The van der Waals surface area contributed by atoms with E-state index in [1.807, 2.05) is 37.3 Å². The van der Waals surface area contributed by atoms with Crippen LogP contribution in [-0.2, 0) is 11.3 Å². The van der Waals surface area contributed by atoms with E-state index < -0.39 is 17.9 Å². The van der Waals surface area contributed by atoms with Gasteiger partial charge in [0.25, 0.3) is 11.8 Å². The lowest BCUT2D eigenvalue weighted by molar-refractivity contribution is -0.122. The molecule has 1 atom stereocenters. The maximum Gasteiger partial charge on any atom is 0.272 e. The Morgan fingerprint density at radius 2 is 1.88 bits per heavy atom. The quantitative estimate of drug-likeness (QED) is 0.487.